The maximum Gasteiger partial charge on any atom is 0.323 e. The monoisotopic (exact) mass is 410 g/mol. The fourth-order valence-corrected chi connectivity index (χ4v) is 5.03. The Hall–Kier alpha value is -3.13. The number of rotatable bonds is 4. The molecule has 148 valence electrons. The summed E-state index contributed by atoms with van der Waals surface area (Å²) in [5.41, 5.74) is 1.34. The Morgan fingerprint density at radius 3 is 2.14 bits per heavy atom. The minimum Gasteiger partial charge on any atom is -0.480 e. The summed E-state index contributed by atoms with van der Waals surface area (Å²) >= 11 is 1.43. The van der Waals surface area contributed by atoms with Gasteiger partial charge < -0.3 is 10.0 Å². The highest BCUT2D eigenvalue weighted by Gasteiger charge is 2.46. The van der Waals surface area contributed by atoms with Crippen molar-refractivity contribution < 1.29 is 24.3 Å². The lowest BCUT2D eigenvalue weighted by Gasteiger charge is -2.32. The van der Waals surface area contributed by atoms with Crippen LogP contribution in [0.3, 0.4) is 0 Å². The second kappa shape index (κ2) is 7.71. The molecule has 0 radical (unpaired) electrons. The van der Waals surface area contributed by atoms with Crippen LogP contribution in [0, 0.1) is 0 Å². The van der Waals surface area contributed by atoms with E-state index in [1.807, 2.05) is 30.3 Å². The number of aliphatic carboxylic acids is 1. The minimum absolute atomic E-state index is 0.270. The predicted octanol–water partition coefficient (Wildman–Crippen LogP) is 2.40. The number of nitrogens with zero attached hydrogens (tertiary/aromatic N) is 2. The first-order valence-corrected chi connectivity index (χ1v) is 10.2. The number of hydrogen-bond donors (Lipinski definition) is 1. The highest BCUT2D eigenvalue weighted by Crippen LogP contribution is 2.38. The summed E-state index contributed by atoms with van der Waals surface area (Å²) in [6.07, 6.45) is 0.272. The first kappa shape index (κ1) is 19.2. The molecule has 7 nitrogen and oxygen atoms in total. The predicted molar refractivity (Wildman–Crippen MR) is 106 cm³/mol. The van der Waals surface area contributed by atoms with Gasteiger partial charge in [0.2, 0.25) is 5.91 Å². The molecule has 0 aromatic heterocycles. The van der Waals surface area contributed by atoms with Crippen molar-refractivity contribution in [2.45, 2.75) is 17.8 Å². The van der Waals surface area contributed by atoms with Crippen molar-refractivity contribution in [2.24, 2.45) is 0 Å². The van der Waals surface area contributed by atoms with Crippen LogP contribution < -0.4 is 0 Å². The van der Waals surface area contributed by atoms with Crippen LogP contribution in [0.5, 0.6) is 0 Å². The SMILES string of the molecule is O=C(O)CN1C(=O)C(N2C(=O)c3ccccc3C2=O)CCSC1c1ccccc1. The lowest BCUT2D eigenvalue weighted by Crippen LogP contribution is -2.51. The van der Waals surface area contributed by atoms with Gasteiger partial charge in [-0.25, -0.2) is 0 Å². The highest BCUT2D eigenvalue weighted by molar-refractivity contribution is 7.99. The van der Waals surface area contributed by atoms with Crippen molar-refractivity contribution in [1.29, 1.82) is 0 Å². The third-order valence-electron chi connectivity index (χ3n) is 5.05. The lowest BCUT2D eigenvalue weighted by atomic mass is 10.1. The fourth-order valence-electron chi connectivity index (χ4n) is 3.74. The van der Waals surface area contributed by atoms with E-state index in [0.29, 0.717) is 5.75 Å². The van der Waals surface area contributed by atoms with E-state index in [4.69, 9.17) is 0 Å². The second-order valence-corrected chi connectivity index (χ2v) is 8.01. The molecule has 1 fully saturated rings. The molecule has 4 rings (SSSR count). The first-order chi connectivity index (χ1) is 14.0. The maximum atomic E-state index is 13.4. The van der Waals surface area contributed by atoms with Gasteiger partial charge in [-0.2, -0.15) is 0 Å². The molecule has 2 aromatic carbocycles. The summed E-state index contributed by atoms with van der Waals surface area (Å²) in [5, 5.41) is 8.89. The molecule has 0 saturated carbocycles. The van der Waals surface area contributed by atoms with Crippen molar-refractivity contribution in [1.82, 2.24) is 9.80 Å². The molecule has 2 aliphatic heterocycles. The maximum absolute atomic E-state index is 13.4. The van der Waals surface area contributed by atoms with Crippen molar-refractivity contribution >= 4 is 35.5 Å². The molecule has 2 aliphatic rings. The van der Waals surface area contributed by atoms with Gasteiger partial charge in [0.25, 0.3) is 11.8 Å². The topological polar surface area (TPSA) is 95.0 Å². The third-order valence-corrected chi connectivity index (χ3v) is 6.36. The van der Waals surface area contributed by atoms with E-state index in [0.717, 1.165) is 10.5 Å². The van der Waals surface area contributed by atoms with Gasteiger partial charge >= 0.3 is 5.97 Å². The number of amides is 3. The van der Waals surface area contributed by atoms with Gasteiger partial charge in [0.15, 0.2) is 0 Å². The van der Waals surface area contributed by atoms with Crippen LogP contribution in [-0.4, -0.2) is 56.9 Å². The Balaban J connectivity index is 1.70. The first-order valence-electron chi connectivity index (χ1n) is 9.15. The Labute approximate surface area is 171 Å². The quantitative estimate of drug-likeness (QED) is 0.778. The number of carbonyl (C=O) groups is 4. The number of fused-ring (bicyclic) bond motifs is 1. The number of hydrogen-bond acceptors (Lipinski definition) is 5. The Morgan fingerprint density at radius 1 is 0.966 bits per heavy atom. The van der Waals surface area contributed by atoms with Crippen LogP contribution in [0.4, 0.5) is 0 Å². The Morgan fingerprint density at radius 2 is 1.55 bits per heavy atom. The Kier molecular flexibility index (Phi) is 5.10. The molecule has 0 spiro atoms. The van der Waals surface area contributed by atoms with Gasteiger partial charge in [-0.3, -0.25) is 24.1 Å². The van der Waals surface area contributed by atoms with Crippen LogP contribution >= 0.6 is 11.8 Å². The molecule has 1 saturated heterocycles. The molecule has 2 heterocycles. The van der Waals surface area contributed by atoms with Gasteiger partial charge in [-0.15, -0.1) is 11.8 Å². The van der Waals surface area contributed by atoms with Crippen molar-refractivity contribution in [2.75, 3.05) is 12.3 Å². The summed E-state index contributed by atoms with van der Waals surface area (Å²) in [6, 6.07) is 14.6. The summed E-state index contributed by atoms with van der Waals surface area (Å²) in [7, 11) is 0. The van der Waals surface area contributed by atoms with Crippen molar-refractivity contribution in [3.8, 4) is 0 Å². The van der Waals surface area contributed by atoms with Gasteiger partial charge in [0.1, 0.15) is 18.0 Å². The standard InChI is InChI=1S/C21H18N2O5S/c24-17(25)12-22-20(28)16(10-11-29-21(22)13-6-2-1-3-7-13)23-18(26)14-8-4-5-9-15(14)19(23)27/h1-9,16,21H,10-12H2,(H,24,25). The smallest absolute Gasteiger partial charge is 0.323 e. The highest BCUT2D eigenvalue weighted by atomic mass is 32.2. The van der Waals surface area contributed by atoms with Crippen molar-refractivity contribution in [3.05, 3.63) is 71.3 Å². The zero-order valence-corrected chi connectivity index (χ0v) is 16.2. The molecule has 29 heavy (non-hydrogen) atoms. The molecule has 0 aliphatic carbocycles. The normalized spacial score (nSPS) is 21.9. The van der Waals surface area contributed by atoms with E-state index in [2.05, 4.69) is 0 Å². The van der Waals surface area contributed by atoms with Crippen LogP contribution in [-0.2, 0) is 9.59 Å². The molecule has 8 heteroatoms. The molecular formula is C21H18N2O5S. The number of imide groups is 1. The van der Waals surface area contributed by atoms with Gasteiger partial charge in [0, 0.05) is 0 Å². The van der Waals surface area contributed by atoms with E-state index >= 15 is 0 Å². The molecule has 2 aromatic rings. The third kappa shape index (κ3) is 3.40. The number of carboxylic acid groups (broad SMARTS) is 1. The number of carboxylic acids is 1. The Bertz CT molecular complexity index is 959. The number of benzene rings is 2. The van der Waals surface area contributed by atoms with Gasteiger partial charge in [-0.1, -0.05) is 42.5 Å². The molecule has 2 unspecified atom stereocenters. The molecular weight excluding hydrogens is 392 g/mol. The largest absolute Gasteiger partial charge is 0.480 e. The van der Waals surface area contributed by atoms with Crippen LogP contribution in [0.25, 0.3) is 0 Å². The summed E-state index contributed by atoms with van der Waals surface area (Å²) in [4.78, 5) is 52.8. The summed E-state index contributed by atoms with van der Waals surface area (Å²) in [6.45, 7) is -0.509. The minimum atomic E-state index is -1.15. The van der Waals surface area contributed by atoms with Crippen LogP contribution in [0.1, 0.15) is 38.1 Å². The summed E-state index contributed by atoms with van der Waals surface area (Å²) < 4.78 is 0. The zero-order chi connectivity index (χ0) is 20.5. The van der Waals surface area contributed by atoms with Crippen LogP contribution in [0.2, 0.25) is 0 Å². The van der Waals surface area contributed by atoms with E-state index < -0.39 is 41.7 Å². The molecule has 0 bridgehead atoms. The zero-order valence-electron chi connectivity index (χ0n) is 15.4. The van der Waals surface area contributed by atoms with Crippen LogP contribution in [0.15, 0.2) is 54.6 Å². The number of carbonyl (C=O) groups excluding carboxylic acids is 3. The molecule has 3 amide bonds. The average molecular weight is 410 g/mol. The van der Waals surface area contributed by atoms with Crippen molar-refractivity contribution in [3.63, 3.8) is 0 Å². The second-order valence-electron chi connectivity index (χ2n) is 6.82. The number of thioether (sulfide) groups is 1. The average Bonchev–Trinajstić information content (AvgIpc) is 2.87. The fraction of sp³-hybridized carbons (Fsp3) is 0.238. The van der Waals surface area contributed by atoms with E-state index in [1.165, 1.54) is 16.7 Å². The molecule has 2 atom stereocenters. The van der Waals surface area contributed by atoms with Gasteiger partial charge in [-0.05, 0) is 29.9 Å². The summed E-state index contributed by atoms with van der Waals surface area (Å²) in [5.74, 6) is -2.20. The van der Waals surface area contributed by atoms with E-state index in [-0.39, 0.29) is 17.5 Å². The van der Waals surface area contributed by atoms with E-state index in [9.17, 15) is 24.3 Å². The lowest BCUT2D eigenvalue weighted by molar-refractivity contribution is -0.146. The van der Waals surface area contributed by atoms with E-state index in [1.54, 1.807) is 24.3 Å². The molecule has 1 N–H and O–H groups in total. The van der Waals surface area contributed by atoms with Gasteiger partial charge in [0.05, 0.1) is 11.1 Å².